The van der Waals surface area contributed by atoms with Crippen LogP contribution in [0.25, 0.3) is 0 Å². The summed E-state index contributed by atoms with van der Waals surface area (Å²) < 4.78 is 27.7. The van der Waals surface area contributed by atoms with E-state index >= 15 is 0 Å². The van der Waals surface area contributed by atoms with Crippen molar-refractivity contribution in [2.24, 2.45) is 0 Å². The largest absolute Gasteiger partial charge is 0.379 e. The maximum Gasteiger partial charge on any atom is 0.315 e. The van der Waals surface area contributed by atoms with E-state index in [4.69, 9.17) is 4.74 Å². The van der Waals surface area contributed by atoms with Crippen molar-refractivity contribution in [1.29, 1.82) is 0 Å². The minimum absolute atomic E-state index is 0.0594. The smallest absolute Gasteiger partial charge is 0.315 e. The molecule has 2 heterocycles. The molecular weight excluding hydrogens is 270 g/mol. The Morgan fingerprint density at radius 1 is 1.32 bits per heavy atom. The number of rotatable bonds is 4. The highest BCUT2D eigenvalue weighted by Gasteiger charge is 2.28. The number of sulfone groups is 1. The van der Waals surface area contributed by atoms with Crippen LogP contribution >= 0.6 is 0 Å². The minimum atomic E-state index is -2.94. The van der Waals surface area contributed by atoms with Crippen LogP contribution in [0, 0.1) is 0 Å². The molecule has 0 saturated carbocycles. The fourth-order valence-electron chi connectivity index (χ4n) is 2.30. The van der Waals surface area contributed by atoms with Crippen LogP contribution in [0.1, 0.15) is 6.42 Å². The van der Waals surface area contributed by atoms with E-state index in [-0.39, 0.29) is 23.6 Å². The summed E-state index contributed by atoms with van der Waals surface area (Å²) in [6, 6.07) is -0.524. The summed E-state index contributed by atoms with van der Waals surface area (Å²) in [5.74, 6) is 0.232. The van der Waals surface area contributed by atoms with E-state index in [0.717, 1.165) is 32.8 Å². The van der Waals surface area contributed by atoms with Crippen molar-refractivity contribution in [2.75, 3.05) is 50.9 Å². The van der Waals surface area contributed by atoms with E-state index in [1.807, 2.05) is 0 Å². The van der Waals surface area contributed by atoms with Gasteiger partial charge in [-0.1, -0.05) is 0 Å². The van der Waals surface area contributed by atoms with Gasteiger partial charge in [-0.2, -0.15) is 0 Å². The molecule has 0 aliphatic carbocycles. The molecule has 2 amide bonds. The Bertz CT molecular complexity index is 406. The quantitative estimate of drug-likeness (QED) is 0.680. The normalized spacial score (nSPS) is 27.1. The number of ether oxygens (including phenoxy) is 1. The predicted molar refractivity (Wildman–Crippen MR) is 70.9 cm³/mol. The zero-order valence-corrected chi connectivity index (χ0v) is 11.7. The van der Waals surface area contributed by atoms with Crippen LogP contribution in [-0.4, -0.2) is 76.3 Å². The molecule has 0 aromatic carbocycles. The number of carbonyl (C=O) groups excluding carboxylic acids is 1. The molecule has 2 fully saturated rings. The van der Waals surface area contributed by atoms with Crippen LogP contribution < -0.4 is 10.6 Å². The molecule has 2 rings (SSSR count). The molecule has 0 aromatic rings. The third kappa shape index (κ3) is 4.96. The monoisotopic (exact) mass is 291 g/mol. The molecule has 2 aliphatic rings. The van der Waals surface area contributed by atoms with Gasteiger partial charge in [0.15, 0.2) is 9.84 Å². The molecule has 1 unspecified atom stereocenters. The topological polar surface area (TPSA) is 87.7 Å². The number of hydrogen-bond donors (Lipinski definition) is 2. The fourth-order valence-corrected chi connectivity index (χ4v) is 3.97. The van der Waals surface area contributed by atoms with Crippen molar-refractivity contribution in [3.63, 3.8) is 0 Å². The molecule has 0 radical (unpaired) electrons. The zero-order valence-electron chi connectivity index (χ0n) is 10.9. The van der Waals surface area contributed by atoms with Gasteiger partial charge >= 0.3 is 6.03 Å². The van der Waals surface area contributed by atoms with Gasteiger partial charge in [0.2, 0.25) is 0 Å². The van der Waals surface area contributed by atoms with E-state index in [1.54, 1.807) is 0 Å². The van der Waals surface area contributed by atoms with Gasteiger partial charge in [-0.3, -0.25) is 4.90 Å². The summed E-state index contributed by atoms with van der Waals surface area (Å²) in [5, 5.41) is 5.46. The number of hydrogen-bond acceptors (Lipinski definition) is 5. The van der Waals surface area contributed by atoms with E-state index in [2.05, 4.69) is 15.5 Å². The van der Waals surface area contributed by atoms with Gasteiger partial charge in [0.05, 0.1) is 24.7 Å². The van der Waals surface area contributed by atoms with Crippen LogP contribution in [0.4, 0.5) is 4.79 Å². The lowest BCUT2D eigenvalue weighted by Gasteiger charge is -2.26. The molecule has 7 nitrogen and oxygen atoms in total. The second kappa shape index (κ2) is 6.53. The minimum Gasteiger partial charge on any atom is -0.379 e. The number of morpholine rings is 1. The average molecular weight is 291 g/mol. The zero-order chi connectivity index (χ0) is 13.7. The fraction of sp³-hybridized carbons (Fsp3) is 0.909. The molecule has 0 aromatic heterocycles. The SMILES string of the molecule is O=C(NCCN1CCOCC1)NC1CCS(=O)(=O)C1. The van der Waals surface area contributed by atoms with Gasteiger partial charge in [-0.05, 0) is 6.42 Å². The predicted octanol–water partition coefficient (Wildman–Crippen LogP) is -1.20. The molecule has 2 N–H and O–H groups in total. The Balaban J connectivity index is 1.59. The summed E-state index contributed by atoms with van der Waals surface area (Å²) in [5.41, 5.74) is 0. The van der Waals surface area contributed by atoms with Crippen molar-refractivity contribution in [2.45, 2.75) is 12.5 Å². The Hall–Kier alpha value is -0.860. The van der Waals surface area contributed by atoms with Gasteiger partial charge < -0.3 is 15.4 Å². The first-order chi connectivity index (χ1) is 9.05. The lowest BCUT2D eigenvalue weighted by molar-refractivity contribution is 0.0387. The van der Waals surface area contributed by atoms with Gasteiger partial charge in [0.25, 0.3) is 0 Å². The van der Waals surface area contributed by atoms with Crippen molar-refractivity contribution >= 4 is 15.9 Å². The number of nitrogens with zero attached hydrogens (tertiary/aromatic N) is 1. The van der Waals surface area contributed by atoms with Crippen LogP contribution in [0.2, 0.25) is 0 Å². The van der Waals surface area contributed by atoms with Crippen LogP contribution in [0.3, 0.4) is 0 Å². The van der Waals surface area contributed by atoms with Gasteiger partial charge in [-0.15, -0.1) is 0 Å². The summed E-state index contributed by atoms with van der Waals surface area (Å²) in [6.45, 7) is 4.62. The molecule has 19 heavy (non-hydrogen) atoms. The summed E-state index contributed by atoms with van der Waals surface area (Å²) >= 11 is 0. The van der Waals surface area contributed by atoms with Gasteiger partial charge in [0.1, 0.15) is 0 Å². The molecule has 8 heteroatoms. The van der Waals surface area contributed by atoms with E-state index in [1.165, 1.54) is 0 Å². The maximum atomic E-state index is 11.6. The Labute approximate surface area is 113 Å². The van der Waals surface area contributed by atoms with Crippen LogP contribution in [0.15, 0.2) is 0 Å². The van der Waals surface area contributed by atoms with E-state index in [0.29, 0.717) is 13.0 Å². The number of nitrogens with one attached hydrogen (secondary N) is 2. The second-order valence-corrected chi connectivity index (χ2v) is 7.18. The Morgan fingerprint density at radius 2 is 2.05 bits per heavy atom. The van der Waals surface area contributed by atoms with Crippen molar-refractivity contribution in [1.82, 2.24) is 15.5 Å². The standard InChI is InChI=1S/C11H21N3O4S/c15-11(13-10-1-8-19(16,17)9-10)12-2-3-14-4-6-18-7-5-14/h10H,1-9H2,(H2,12,13,15). The van der Waals surface area contributed by atoms with Crippen LogP contribution in [-0.2, 0) is 14.6 Å². The molecule has 0 bridgehead atoms. The molecule has 0 spiro atoms. The lowest BCUT2D eigenvalue weighted by Crippen LogP contribution is -2.46. The van der Waals surface area contributed by atoms with Gasteiger partial charge in [-0.25, -0.2) is 13.2 Å². The molecule has 1 atom stereocenters. The molecule has 110 valence electrons. The van der Waals surface area contributed by atoms with Crippen LogP contribution in [0.5, 0.6) is 0 Å². The third-order valence-corrected chi connectivity index (χ3v) is 5.15. The van der Waals surface area contributed by atoms with Gasteiger partial charge in [0, 0.05) is 32.2 Å². The summed E-state index contributed by atoms with van der Waals surface area (Å²) in [4.78, 5) is 13.8. The highest BCUT2D eigenvalue weighted by molar-refractivity contribution is 7.91. The Morgan fingerprint density at radius 3 is 2.68 bits per heavy atom. The van der Waals surface area contributed by atoms with E-state index in [9.17, 15) is 13.2 Å². The third-order valence-electron chi connectivity index (χ3n) is 3.38. The number of urea groups is 1. The molecule has 2 saturated heterocycles. The van der Waals surface area contributed by atoms with Crippen molar-refractivity contribution in [3.8, 4) is 0 Å². The number of carbonyl (C=O) groups is 1. The Kier molecular flexibility index (Phi) is 5.00. The maximum absolute atomic E-state index is 11.6. The highest BCUT2D eigenvalue weighted by Crippen LogP contribution is 2.10. The lowest BCUT2D eigenvalue weighted by atomic mass is 10.3. The summed E-state index contributed by atoms with van der Waals surface area (Å²) in [7, 11) is -2.94. The number of amides is 2. The molecule has 2 aliphatic heterocycles. The highest BCUT2D eigenvalue weighted by atomic mass is 32.2. The van der Waals surface area contributed by atoms with Crippen molar-refractivity contribution < 1.29 is 17.9 Å². The first kappa shape index (κ1) is 14.5. The first-order valence-electron chi connectivity index (χ1n) is 6.60. The van der Waals surface area contributed by atoms with Crippen molar-refractivity contribution in [3.05, 3.63) is 0 Å². The second-order valence-electron chi connectivity index (χ2n) is 4.95. The molecular formula is C11H21N3O4S. The first-order valence-corrected chi connectivity index (χ1v) is 8.42. The summed E-state index contributed by atoms with van der Waals surface area (Å²) in [6.07, 6.45) is 0.513. The van der Waals surface area contributed by atoms with E-state index < -0.39 is 9.84 Å². The average Bonchev–Trinajstić information content (AvgIpc) is 2.70.